The first-order valence-corrected chi connectivity index (χ1v) is 11.7. The highest BCUT2D eigenvalue weighted by Crippen LogP contribution is 2.47. The Balaban J connectivity index is 1.51. The number of carbonyl (C=O) groups is 1. The monoisotopic (exact) mass is 478 g/mol. The van der Waals surface area contributed by atoms with Crippen molar-refractivity contribution in [1.29, 1.82) is 0 Å². The third-order valence-electron chi connectivity index (χ3n) is 5.98. The van der Waals surface area contributed by atoms with Crippen LogP contribution in [0.1, 0.15) is 48.7 Å². The van der Waals surface area contributed by atoms with E-state index in [4.69, 9.17) is 38.4 Å². The van der Waals surface area contributed by atoms with E-state index in [1.807, 2.05) is 0 Å². The zero-order chi connectivity index (χ0) is 22.9. The smallest absolute Gasteiger partial charge is 0.345 e. The van der Waals surface area contributed by atoms with Gasteiger partial charge in [-0.3, -0.25) is 0 Å². The summed E-state index contributed by atoms with van der Waals surface area (Å²) >= 11 is 7.57. The molecular formula is C21H27ClN6O3S. The lowest BCUT2D eigenvalue weighted by Gasteiger charge is -2.31. The summed E-state index contributed by atoms with van der Waals surface area (Å²) in [5.74, 6) is -0.0747. The molecular weight excluding hydrogens is 452 g/mol. The number of pyridine rings is 1. The van der Waals surface area contributed by atoms with Gasteiger partial charge in [-0.15, -0.1) is 11.3 Å². The molecule has 2 aromatic heterocycles. The van der Waals surface area contributed by atoms with E-state index in [1.165, 1.54) is 11.3 Å². The molecule has 9 nitrogen and oxygen atoms in total. The molecule has 7 N–H and O–H groups in total. The van der Waals surface area contributed by atoms with Crippen molar-refractivity contribution >= 4 is 45.4 Å². The van der Waals surface area contributed by atoms with Crippen LogP contribution in [0.5, 0.6) is 5.75 Å². The van der Waals surface area contributed by atoms with Crippen molar-refractivity contribution < 1.29 is 14.4 Å². The number of nitrogens with two attached hydrogens (primary N) is 3. The first-order valence-electron chi connectivity index (χ1n) is 10.6. The Morgan fingerprint density at radius 3 is 2.84 bits per heavy atom. The maximum Gasteiger partial charge on any atom is 0.345 e. The summed E-state index contributed by atoms with van der Waals surface area (Å²) in [6, 6.07) is 3.26. The number of nitrogen functional groups attached to an aromatic ring is 2. The lowest BCUT2D eigenvalue weighted by atomic mass is 9.73. The number of ether oxygens (including phenoxy) is 1. The van der Waals surface area contributed by atoms with Crippen molar-refractivity contribution in [3.05, 3.63) is 33.4 Å². The molecule has 2 aromatic rings. The van der Waals surface area contributed by atoms with Gasteiger partial charge in [-0.2, -0.15) is 0 Å². The molecule has 1 saturated heterocycles. The Hall–Kier alpha value is -2.56. The maximum atomic E-state index is 13.0. The molecule has 0 spiro atoms. The fraction of sp³-hybridized carbons (Fsp3) is 0.476. The number of thiophene rings is 1. The van der Waals surface area contributed by atoms with Crippen LogP contribution in [-0.2, 0) is 21.5 Å². The number of oxime groups is 1. The van der Waals surface area contributed by atoms with Crippen LogP contribution in [0.3, 0.4) is 0 Å². The first-order chi connectivity index (χ1) is 15.3. The van der Waals surface area contributed by atoms with Gasteiger partial charge in [0.05, 0.1) is 11.1 Å². The van der Waals surface area contributed by atoms with Gasteiger partial charge in [0.15, 0.2) is 5.84 Å². The second kappa shape index (κ2) is 9.13. The normalized spacial score (nSPS) is 21.8. The molecule has 1 fully saturated rings. The molecule has 0 saturated carbocycles. The van der Waals surface area contributed by atoms with Gasteiger partial charge in [0.2, 0.25) is 0 Å². The first kappa shape index (κ1) is 22.6. The maximum absolute atomic E-state index is 13.0. The molecule has 1 atom stereocenters. The number of fused-ring (bicyclic) bond motifs is 1. The van der Waals surface area contributed by atoms with Gasteiger partial charge in [-0.1, -0.05) is 16.8 Å². The summed E-state index contributed by atoms with van der Waals surface area (Å²) in [5, 5.41) is 7.86. The van der Waals surface area contributed by atoms with Crippen molar-refractivity contribution in [2.45, 2.75) is 50.5 Å². The lowest BCUT2D eigenvalue weighted by molar-refractivity contribution is -0.150. The summed E-state index contributed by atoms with van der Waals surface area (Å²) in [6.45, 7) is 3.59. The number of piperidine rings is 1. The molecule has 3 heterocycles. The number of halogens is 1. The Morgan fingerprint density at radius 2 is 2.09 bits per heavy atom. The molecule has 1 unspecified atom stereocenters. The predicted molar refractivity (Wildman–Crippen MR) is 126 cm³/mol. The van der Waals surface area contributed by atoms with Crippen LogP contribution in [0.4, 0.5) is 10.7 Å². The van der Waals surface area contributed by atoms with Crippen LogP contribution in [0, 0.1) is 0 Å². The number of rotatable bonds is 5. The zero-order valence-corrected chi connectivity index (χ0v) is 19.4. The number of nitrogens with one attached hydrogen (secondary N) is 1. The molecule has 0 aromatic carbocycles. The molecule has 0 radical (unpaired) electrons. The van der Waals surface area contributed by atoms with E-state index in [0.29, 0.717) is 22.9 Å². The summed E-state index contributed by atoms with van der Waals surface area (Å²) < 4.78 is 6.01. The lowest BCUT2D eigenvalue weighted by Crippen LogP contribution is -2.37. The molecule has 32 heavy (non-hydrogen) atoms. The van der Waals surface area contributed by atoms with E-state index in [0.717, 1.165) is 49.2 Å². The molecule has 1 aliphatic heterocycles. The average molecular weight is 479 g/mol. The van der Waals surface area contributed by atoms with Crippen molar-refractivity contribution in [3.8, 4) is 5.75 Å². The molecule has 1 aliphatic carbocycles. The van der Waals surface area contributed by atoms with E-state index in [9.17, 15) is 4.79 Å². The van der Waals surface area contributed by atoms with Crippen molar-refractivity contribution in [2.24, 2.45) is 10.9 Å². The van der Waals surface area contributed by atoms with Gasteiger partial charge in [0.1, 0.15) is 27.7 Å². The predicted octanol–water partition coefficient (Wildman–Crippen LogP) is 2.55. The SMILES string of the molecule is CC1(C(=O)O/N=C(\N)c2cc(OC3CCNCC3)cc(Cl)n2)CCCc2sc(N)c(N)c21. The number of nitrogens with zero attached hydrogens (tertiary/aromatic N) is 2. The van der Waals surface area contributed by atoms with Crippen LogP contribution >= 0.6 is 22.9 Å². The van der Waals surface area contributed by atoms with Gasteiger partial charge in [0, 0.05) is 22.6 Å². The summed E-state index contributed by atoms with van der Waals surface area (Å²) in [7, 11) is 0. The third-order valence-corrected chi connectivity index (χ3v) is 7.26. The molecule has 172 valence electrons. The van der Waals surface area contributed by atoms with Gasteiger partial charge < -0.3 is 32.1 Å². The second-order valence-corrected chi connectivity index (χ2v) is 9.82. The van der Waals surface area contributed by atoms with Crippen molar-refractivity contribution in [1.82, 2.24) is 10.3 Å². The van der Waals surface area contributed by atoms with E-state index in [-0.39, 0.29) is 22.8 Å². The van der Waals surface area contributed by atoms with Crippen LogP contribution < -0.4 is 27.3 Å². The van der Waals surface area contributed by atoms with Crippen molar-refractivity contribution in [3.63, 3.8) is 0 Å². The van der Waals surface area contributed by atoms with Crippen LogP contribution in [0.15, 0.2) is 17.3 Å². The highest BCUT2D eigenvalue weighted by atomic mass is 35.5. The van der Waals surface area contributed by atoms with E-state index in [1.54, 1.807) is 19.1 Å². The minimum absolute atomic E-state index is 0.0755. The third kappa shape index (κ3) is 4.48. The Kier molecular flexibility index (Phi) is 6.45. The minimum atomic E-state index is -0.944. The number of carbonyl (C=O) groups excluding carboxylic acids is 1. The fourth-order valence-electron chi connectivity index (χ4n) is 4.24. The summed E-state index contributed by atoms with van der Waals surface area (Å²) in [4.78, 5) is 23.5. The Labute approximate surface area is 195 Å². The molecule has 0 bridgehead atoms. The van der Waals surface area contributed by atoms with Crippen molar-refractivity contribution in [2.75, 3.05) is 24.6 Å². The summed E-state index contributed by atoms with van der Waals surface area (Å²) in [5.41, 5.74) is 18.7. The topological polar surface area (TPSA) is 151 Å². The number of aryl methyl sites for hydroxylation is 1. The quantitative estimate of drug-likeness (QED) is 0.168. The summed E-state index contributed by atoms with van der Waals surface area (Å²) in [6.07, 6.45) is 4.12. The van der Waals surface area contributed by atoms with Gasteiger partial charge >= 0.3 is 5.97 Å². The molecule has 0 amide bonds. The van der Waals surface area contributed by atoms with Gasteiger partial charge in [-0.25, -0.2) is 9.78 Å². The fourth-order valence-corrected chi connectivity index (χ4v) is 5.60. The molecule has 2 aliphatic rings. The second-order valence-electron chi connectivity index (χ2n) is 8.30. The number of hydrogen-bond acceptors (Lipinski definition) is 9. The highest BCUT2D eigenvalue weighted by molar-refractivity contribution is 7.16. The number of anilines is 2. The van der Waals surface area contributed by atoms with E-state index in [2.05, 4.69) is 15.5 Å². The number of aromatic nitrogens is 1. The van der Waals surface area contributed by atoms with E-state index >= 15 is 0 Å². The Bertz CT molecular complexity index is 1050. The van der Waals surface area contributed by atoms with Crippen LogP contribution in [-0.4, -0.2) is 36.0 Å². The van der Waals surface area contributed by atoms with Crippen LogP contribution in [0.25, 0.3) is 0 Å². The van der Waals surface area contributed by atoms with E-state index < -0.39 is 11.4 Å². The van der Waals surface area contributed by atoms with Gasteiger partial charge in [0.25, 0.3) is 0 Å². The minimum Gasteiger partial charge on any atom is -0.490 e. The zero-order valence-electron chi connectivity index (χ0n) is 17.8. The standard InChI is InChI=1S/C21H27ClN6O3S/c1-21(6-2-3-14-16(21)17(23)19(25)32-14)20(29)31-28-18(24)13-9-12(10-15(22)27-13)30-11-4-7-26-8-5-11/h9-11,26H,2-8,23,25H2,1H3,(H2,24,28). The average Bonchev–Trinajstić information content (AvgIpc) is 3.07. The largest absolute Gasteiger partial charge is 0.490 e. The number of amidine groups is 1. The Morgan fingerprint density at radius 1 is 1.34 bits per heavy atom. The molecule has 4 rings (SSSR count). The molecule has 11 heteroatoms. The van der Waals surface area contributed by atoms with Crippen LogP contribution in [0.2, 0.25) is 5.15 Å². The highest BCUT2D eigenvalue weighted by Gasteiger charge is 2.44. The number of hydrogen-bond donors (Lipinski definition) is 4. The van der Waals surface area contributed by atoms with Gasteiger partial charge in [-0.05, 0) is 52.1 Å².